The van der Waals surface area contributed by atoms with Crippen LogP contribution in [0.5, 0.6) is 0 Å². The van der Waals surface area contributed by atoms with Crippen molar-refractivity contribution in [2.75, 3.05) is 26.7 Å². The lowest BCUT2D eigenvalue weighted by atomic mass is 10.1. The summed E-state index contributed by atoms with van der Waals surface area (Å²) < 4.78 is 0. The molecule has 0 amide bonds. The Hall–Kier alpha value is -0.0800. The van der Waals surface area contributed by atoms with Gasteiger partial charge in [-0.1, -0.05) is 65.2 Å². The van der Waals surface area contributed by atoms with Crippen LogP contribution in [0.25, 0.3) is 0 Å². The highest BCUT2D eigenvalue weighted by molar-refractivity contribution is 4.56. The predicted molar refractivity (Wildman–Crippen MR) is 90.2 cm³/mol. The van der Waals surface area contributed by atoms with E-state index in [1.54, 1.807) is 0 Å². The Morgan fingerprint density at radius 3 is 1.85 bits per heavy atom. The highest BCUT2D eigenvalue weighted by atomic mass is 16.3. The van der Waals surface area contributed by atoms with Crippen molar-refractivity contribution in [1.29, 1.82) is 0 Å². The first-order chi connectivity index (χ1) is 9.70. The van der Waals surface area contributed by atoms with Crippen LogP contribution >= 0.6 is 0 Å². The van der Waals surface area contributed by atoms with Gasteiger partial charge in [0.25, 0.3) is 0 Å². The number of nitrogens with zero attached hydrogens (tertiary/aromatic N) is 1. The molecule has 0 aliphatic heterocycles. The van der Waals surface area contributed by atoms with Gasteiger partial charge < -0.3 is 10.0 Å². The van der Waals surface area contributed by atoms with E-state index < -0.39 is 0 Å². The van der Waals surface area contributed by atoms with Crippen molar-refractivity contribution >= 4 is 0 Å². The third kappa shape index (κ3) is 14.3. The van der Waals surface area contributed by atoms with Crippen LogP contribution in [0.4, 0.5) is 0 Å². The lowest BCUT2D eigenvalue weighted by Crippen LogP contribution is -2.21. The minimum Gasteiger partial charge on any atom is -0.396 e. The molecule has 0 spiro atoms. The Morgan fingerprint density at radius 1 is 0.800 bits per heavy atom. The summed E-state index contributed by atoms with van der Waals surface area (Å²) in [6.07, 6.45) is 14.9. The van der Waals surface area contributed by atoms with Gasteiger partial charge in [-0.3, -0.25) is 0 Å². The van der Waals surface area contributed by atoms with E-state index in [-0.39, 0.29) is 0 Å². The normalized spacial score (nSPS) is 13.1. The summed E-state index contributed by atoms with van der Waals surface area (Å²) in [5, 5.41) is 8.97. The molecule has 0 aliphatic rings. The number of hydrogen-bond acceptors (Lipinski definition) is 2. The van der Waals surface area contributed by atoms with Gasteiger partial charge in [-0.05, 0) is 45.3 Å². The van der Waals surface area contributed by atoms with E-state index in [4.69, 9.17) is 5.11 Å². The average Bonchev–Trinajstić information content (AvgIpc) is 2.46. The van der Waals surface area contributed by atoms with Gasteiger partial charge in [0, 0.05) is 6.61 Å². The molecule has 1 atom stereocenters. The largest absolute Gasteiger partial charge is 0.396 e. The van der Waals surface area contributed by atoms with E-state index in [0.29, 0.717) is 12.5 Å². The van der Waals surface area contributed by atoms with E-state index in [1.165, 1.54) is 83.7 Å². The maximum atomic E-state index is 8.97. The van der Waals surface area contributed by atoms with E-state index >= 15 is 0 Å². The molecule has 122 valence electrons. The molecule has 2 nitrogen and oxygen atoms in total. The second-order valence-electron chi connectivity index (χ2n) is 6.56. The summed E-state index contributed by atoms with van der Waals surface area (Å²) in [6, 6.07) is 0. The summed E-state index contributed by atoms with van der Waals surface area (Å²) in [6.45, 7) is 7.22. The number of rotatable bonds is 15. The molecule has 0 rings (SSSR count). The van der Waals surface area contributed by atoms with Crippen LogP contribution in [0, 0.1) is 5.92 Å². The van der Waals surface area contributed by atoms with Crippen LogP contribution in [-0.4, -0.2) is 36.8 Å². The lowest BCUT2D eigenvalue weighted by Gasteiger charge is -2.16. The highest BCUT2D eigenvalue weighted by Gasteiger charge is 2.01. The molecule has 0 bridgehead atoms. The summed E-state index contributed by atoms with van der Waals surface area (Å²) in [5.41, 5.74) is 0. The molecular formula is C18H39NO. The van der Waals surface area contributed by atoms with Crippen molar-refractivity contribution in [2.24, 2.45) is 5.92 Å². The maximum Gasteiger partial charge on any atom is 0.0456 e. The monoisotopic (exact) mass is 285 g/mol. The minimum atomic E-state index is 0.341. The van der Waals surface area contributed by atoms with E-state index in [0.717, 1.165) is 0 Å². The Balaban J connectivity index is 3.18. The second kappa shape index (κ2) is 15.3. The number of hydrogen-bond donors (Lipinski definition) is 1. The van der Waals surface area contributed by atoms with Gasteiger partial charge in [-0.15, -0.1) is 0 Å². The first-order valence-electron chi connectivity index (χ1n) is 9.00. The summed E-state index contributed by atoms with van der Waals surface area (Å²) in [5.74, 6) is 0.480. The standard InChI is InChI=1S/C18H39NO/c1-4-5-6-7-8-9-10-12-15-19(3)16-13-11-14-18(2)17-20/h18,20H,4-17H2,1-3H3. The van der Waals surface area contributed by atoms with Gasteiger partial charge in [0.15, 0.2) is 0 Å². The first kappa shape index (κ1) is 19.9. The number of aliphatic hydroxyl groups excluding tert-OH is 1. The number of unbranched alkanes of at least 4 members (excludes halogenated alkanes) is 8. The fraction of sp³-hybridized carbons (Fsp3) is 1.00. The van der Waals surface area contributed by atoms with Crippen molar-refractivity contribution in [1.82, 2.24) is 4.90 Å². The van der Waals surface area contributed by atoms with Gasteiger partial charge in [0.1, 0.15) is 0 Å². The molecule has 0 aliphatic carbocycles. The molecule has 0 heterocycles. The van der Waals surface area contributed by atoms with Gasteiger partial charge in [0.05, 0.1) is 0 Å². The Labute approximate surface area is 127 Å². The third-order valence-electron chi connectivity index (χ3n) is 4.19. The highest BCUT2D eigenvalue weighted by Crippen LogP contribution is 2.10. The van der Waals surface area contributed by atoms with Crippen LogP contribution in [0.1, 0.15) is 84.5 Å². The molecule has 0 aromatic rings. The molecule has 1 unspecified atom stereocenters. The van der Waals surface area contributed by atoms with Crippen LogP contribution in [-0.2, 0) is 0 Å². The Morgan fingerprint density at radius 2 is 1.30 bits per heavy atom. The van der Waals surface area contributed by atoms with Gasteiger partial charge in [-0.25, -0.2) is 0 Å². The molecule has 1 N–H and O–H groups in total. The van der Waals surface area contributed by atoms with Crippen LogP contribution in [0.3, 0.4) is 0 Å². The molecule has 20 heavy (non-hydrogen) atoms. The Bertz CT molecular complexity index is 184. The number of aliphatic hydroxyl groups is 1. The molecule has 0 aromatic carbocycles. The summed E-state index contributed by atoms with van der Waals surface area (Å²) in [4.78, 5) is 2.47. The van der Waals surface area contributed by atoms with Crippen molar-refractivity contribution in [2.45, 2.75) is 84.5 Å². The third-order valence-corrected chi connectivity index (χ3v) is 4.19. The van der Waals surface area contributed by atoms with E-state index in [9.17, 15) is 0 Å². The first-order valence-corrected chi connectivity index (χ1v) is 9.00. The molecule has 0 saturated heterocycles. The van der Waals surface area contributed by atoms with E-state index in [2.05, 4.69) is 25.8 Å². The smallest absolute Gasteiger partial charge is 0.0456 e. The van der Waals surface area contributed by atoms with Crippen molar-refractivity contribution < 1.29 is 5.11 Å². The average molecular weight is 286 g/mol. The molecule has 0 saturated carbocycles. The fourth-order valence-corrected chi connectivity index (χ4v) is 2.59. The molecule has 2 heteroatoms. The van der Waals surface area contributed by atoms with Crippen molar-refractivity contribution in [3.05, 3.63) is 0 Å². The molecule has 0 radical (unpaired) electrons. The van der Waals surface area contributed by atoms with Gasteiger partial charge >= 0.3 is 0 Å². The zero-order valence-corrected chi connectivity index (χ0v) is 14.4. The lowest BCUT2D eigenvalue weighted by molar-refractivity contribution is 0.224. The summed E-state index contributed by atoms with van der Waals surface area (Å²) in [7, 11) is 2.25. The SMILES string of the molecule is CCCCCCCCCCN(C)CCCCC(C)CO. The van der Waals surface area contributed by atoms with Crippen molar-refractivity contribution in [3.8, 4) is 0 Å². The Kier molecular flexibility index (Phi) is 15.3. The molecule has 0 aromatic heterocycles. The van der Waals surface area contributed by atoms with Gasteiger partial charge in [0.2, 0.25) is 0 Å². The summed E-state index contributed by atoms with van der Waals surface area (Å²) >= 11 is 0. The van der Waals surface area contributed by atoms with Crippen LogP contribution in [0.15, 0.2) is 0 Å². The van der Waals surface area contributed by atoms with E-state index in [1.807, 2.05) is 0 Å². The molecular weight excluding hydrogens is 246 g/mol. The fourth-order valence-electron chi connectivity index (χ4n) is 2.59. The molecule has 0 fully saturated rings. The predicted octanol–water partition coefficient (Wildman–Crippen LogP) is 4.86. The zero-order chi connectivity index (χ0) is 15.1. The topological polar surface area (TPSA) is 23.5 Å². The second-order valence-corrected chi connectivity index (χ2v) is 6.56. The maximum absolute atomic E-state index is 8.97. The van der Waals surface area contributed by atoms with Crippen LogP contribution < -0.4 is 0 Å². The quantitative estimate of drug-likeness (QED) is 0.434. The zero-order valence-electron chi connectivity index (χ0n) is 14.4. The van der Waals surface area contributed by atoms with Crippen LogP contribution in [0.2, 0.25) is 0 Å². The minimum absolute atomic E-state index is 0.341. The van der Waals surface area contributed by atoms with Crippen molar-refractivity contribution in [3.63, 3.8) is 0 Å². The van der Waals surface area contributed by atoms with Gasteiger partial charge in [-0.2, -0.15) is 0 Å².